The monoisotopic (exact) mass is 287 g/mol. The van der Waals surface area contributed by atoms with Gasteiger partial charge in [-0.3, -0.25) is 0 Å². The molecule has 1 N–H and O–H groups in total. The molecule has 4 nitrogen and oxygen atoms in total. The van der Waals surface area contributed by atoms with Crippen LogP contribution in [-0.2, 0) is 11.3 Å². The summed E-state index contributed by atoms with van der Waals surface area (Å²) in [6.07, 6.45) is 3.61. The maximum Gasteiger partial charge on any atom is 0.101 e. The minimum atomic E-state index is 0.586. The van der Waals surface area contributed by atoms with Gasteiger partial charge < -0.3 is 15.0 Å². The highest BCUT2D eigenvalue weighted by Crippen LogP contribution is 2.30. The van der Waals surface area contributed by atoms with Crippen LogP contribution in [0.2, 0.25) is 0 Å². The summed E-state index contributed by atoms with van der Waals surface area (Å²) in [5.41, 5.74) is 3.04. The Morgan fingerprint density at radius 2 is 2.33 bits per heavy atom. The Bertz CT molecular complexity index is 495. The second-order valence-corrected chi connectivity index (χ2v) is 5.53. The number of nitrogens with one attached hydrogen (secondary N) is 1. The van der Waals surface area contributed by atoms with Gasteiger partial charge in [-0.05, 0) is 37.0 Å². The number of benzene rings is 1. The average molecular weight is 287 g/mol. The lowest BCUT2D eigenvalue weighted by Gasteiger charge is -2.27. The fourth-order valence-electron chi connectivity index (χ4n) is 3.02. The molecule has 0 amide bonds. The predicted octanol–water partition coefficient (Wildman–Crippen LogP) is 2.67. The summed E-state index contributed by atoms with van der Waals surface area (Å²) in [7, 11) is 1.70. The van der Waals surface area contributed by atoms with Crippen molar-refractivity contribution >= 4 is 5.69 Å². The molecule has 114 valence electrons. The van der Waals surface area contributed by atoms with Gasteiger partial charge in [0.25, 0.3) is 0 Å². The normalized spacial score (nSPS) is 18.0. The van der Waals surface area contributed by atoms with Gasteiger partial charge in [0.1, 0.15) is 6.07 Å². The van der Waals surface area contributed by atoms with E-state index < -0.39 is 0 Å². The van der Waals surface area contributed by atoms with E-state index in [4.69, 9.17) is 4.74 Å². The first-order valence-electron chi connectivity index (χ1n) is 7.79. The number of ether oxygens (including phenoxy) is 1. The molecule has 1 aromatic rings. The summed E-state index contributed by atoms with van der Waals surface area (Å²) < 4.78 is 5.01. The van der Waals surface area contributed by atoms with Gasteiger partial charge in [-0.25, -0.2) is 0 Å². The summed E-state index contributed by atoms with van der Waals surface area (Å²) in [5, 5.41) is 12.8. The summed E-state index contributed by atoms with van der Waals surface area (Å²) in [6.45, 7) is 5.59. The highest BCUT2D eigenvalue weighted by atomic mass is 16.5. The third kappa shape index (κ3) is 3.96. The average Bonchev–Trinajstić information content (AvgIpc) is 2.99. The van der Waals surface area contributed by atoms with Crippen LogP contribution in [0.3, 0.4) is 0 Å². The fraction of sp³-hybridized carbons (Fsp3) is 0.588. The van der Waals surface area contributed by atoms with Crippen LogP contribution in [-0.4, -0.2) is 32.8 Å². The van der Waals surface area contributed by atoms with Crippen molar-refractivity contribution in [1.82, 2.24) is 5.32 Å². The Balaban J connectivity index is 2.08. The number of nitrogens with zero attached hydrogens (tertiary/aromatic N) is 2. The van der Waals surface area contributed by atoms with Crippen molar-refractivity contribution in [1.29, 1.82) is 5.26 Å². The number of anilines is 1. The molecular weight excluding hydrogens is 262 g/mol. The van der Waals surface area contributed by atoms with Gasteiger partial charge in [-0.15, -0.1) is 0 Å². The van der Waals surface area contributed by atoms with Crippen molar-refractivity contribution in [2.75, 3.05) is 31.7 Å². The minimum Gasteiger partial charge on any atom is -0.383 e. The molecule has 1 heterocycles. The van der Waals surface area contributed by atoms with Crippen LogP contribution in [0.15, 0.2) is 18.2 Å². The number of hydrogen-bond acceptors (Lipinski definition) is 4. The largest absolute Gasteiger partial charge is 0.383 e. The molecule has 1 unspecified atom stereocenters. The van der Waals surface area contributed by atoms with E-state index >= 15 is 0 Å². The lowest BCUT2D eigenvalue weighted by molar-refractivity contribution is 0.199. The first kappa shape index (κ1) is 15.8. The van der Waals surface area contributed by atoms with Gasteiger partial charge in [0.15, 0.2) is 0 Å². The third-order valence-electron chi connectivity index (χ3n) is 4.15. The Kier molecular flexibility index (Phi) is 6.04. The summed E-state index contributed by atoms with van der Waals surface area (Å²) in [6, 6.07) is 9.20. The predicted molar refractivity (Wildman–Crippen MR) is 85.4 cm³/mol. The quantitative estimate of drug-likeness (QED) is 0.783. The van der Waals surface area contributed by atoms with Gasteiger partial charge >= 0.3 is 0 Å². The molecule has 1 saturated heterocycles. The summed E-state index contributed by atoms with van der Waals surface area (Å²) in [5.74, 6) is 0. The molecule has 0 spiro atoms. The first-order chi connectivity index (χ1) is 10.3. The van der Waals surface area contributed by atoms with Crippen LogP contribution in [0, 0.1) is 11.3 Å². The molecule has 21 heavy (non-hydrogen) atoms. The lowest BCUT2D eigenvalue weighted by atomic mass is 10.1. The van der Waals surface area contributed by atoms with Crippen LogP contribution < -0.4 is 10.2 Å². The highest BCUT2D eigenvalue weighted by molar-refractivity contribution is 5.61. The Labute approximate surface area is 127 Å². The Hall–Kier alpha value is -1.57. The van der Waals surface area contributed by atoms with Gasteiger partial charge in [-0.1, -0.05) is 13.0 Å². The topological polar surface area (TPSA) is 48.3 Å². The maximum absolute atomic E-state index is 9.45. The lowest BCUT2D eigenvalue weighted by Crippen LogP contribution is -2.29. The van der Waals surface area contributed by atoms with Gasteiger partial charge in [0.05, 0.1) is 17.9 Å². The van der Waals surface area contributed by atoms with E-state index in [-0.39, 0.29) is 0 Å². The Morgan fingerprint density at radius 3 is 3.05 bits per heavy atom. The summed E-state index contributed by atoms with van der Waals surface area (Å²) in [4.78, 5) is 2.40. The molecule has 4 heteroatoms. The molecule has 2 rings (SSSR count). The van der Waals surface area contributed by atoms with Crippen molar-refractivity contribution in [3.63, 3.8) is 0 Å². The van der Waals surface area contributed by atoms with Crippen LogP contribution in [0.25, 0.3) is 0 Å². The van der Waals surface area contributed by atoms with Crippen molar-refractivity contribution in [3.8, 4) is 6.07 Å². The van der Waals surface area contributed by atoms with Crippen LogP contribution in [0.4, 0.5) is 5.69 Å². The van der Waals surface area contributed by atoms with Gasteiger partial charge in [0.2, 0.25) is 0 Å². The molecule has 1 aromatic carbocycles. The fourth-order valence-corrected chi connectivity index (χ4v) is 3.02. The molecule has 0 aromatic heterocycles. The minimum absolute atomic E-state index is 0.586. The third-order valence-corrected chi connectivity index (χ3v) is 4.15. The molecule has 1 atom stereocenters. The van der Waals surface area contributed by atoms with E-state index in [1.54, 1.807) is 7.11 Å². The van der Waals surface area contributed by atoms with E-state index in [0.717, 1.165) is 42.9 Å². The number of nitriles is 1. The van der Waals surface area contributed by atoms with Crippen LogP contribution >= 0.6 is 0 Å². The zero-order chi connectivity index (χ0) is 15.1. The first-order valence-corrected chi connectivity index (χ1v) is 7.79. The zero-order valence-electron chi connectivity index (χ0n) is 13.1. The smallest absolute Gasteiger partial charge is 0.101 e. The van der Waals surface area contributed by atoms with E-state index in [9.17, 15) is 5.26 Å². The second-order valence-electron chi connectivity index (χ2n) is 5.53. The summed E-state index contributed by atoms with van der Waals surface area (Å²) >= 11 is 0. The van der Waals surface area contributed by atoms with Crippen molar-refractivity contribution in [2.45, 2.75) is 38.8 Å². The molecule has 0 saturated carbocycles. The van der Waals surface area contributed by atoms with Gasteiger partial charge in [0, 0.05) is 32.8 Å². The van der Waals surface area contributed by atoms with E-state index in [1.165, 1.54) is 12.8 Å². The van der Waals surface area contributed by atoms with Crippen molar-refractivity contribution in [3.05, 3.63) is 29.3 Å². The SMILES string of the molecule is CCC1CCCN1c1ccc(CNCCOC)cc1C#N. The van der Waals surface area contributed by atoms with Crippen LogP contribution in [0.1, 0.15) is 37.3 Å². The Morgan fingerprint density at radius 1 is 1.48 bits per heavy atom. The van der Waals surface area contributed by atoms with Crippen LogP contribution in [0.5, 0.6) is 0 Å². The van der Waals surface area contributed by atoms with Crippen molar-refractivity contribution < 1.29 is 4.74 Å². The molecule has 0 bridgehead atoms. The van der Waals surface area contributed by atoms with E-state index in [0.29, 0.717) is 12.6 Å². The highest BCUT2D eigenvalue weighted by Gasteiger charge is 2.24. The van der Waals surface area contributed by atoms with E-state index in [2.05, 4.69) is 35.3 Å². The number of hydrogen-bond donors (Lipinski definition) is 1. The molecule has 1 aliphatic rings. The maximum atomic E-state index is 9.45. The molecule has 1 aliphatic heterocycles. The van der Waals surface area contributed by atoms with Crippen molar-refractivity contribution in [2.24, 2.45) is 0 Å². The standard InChI is InChI=1S/C17H25N3O/c1-3-16-5-4-9-20(16)17-7-6-14(11-15(17)12-18)13-19-8-10-21-2/h6-7,11,16,19H,3-5,8-10,13H2,1-2H3. The molecular formula is C17H25N3O. The molecule has 0 radical (unpaired) electrons. The van der Waals surface area contributed by atoms with E-state index in [1.807, 2.05) is 6.07 Å². The second kappa shape index (κ2) is 8.02. The molecule has 1 fully saturated rings. The molecule has 0 aliphatic carbocycles. The zero-order valence-corrected chi connectivity index (χ0v) is 13.1. The number of rotatable bonds is 7. The van der Waals surface area contributed by atoms with Gasteiger partial charge in [-0.2, -0.15) is 5.26 Å². The number of methoxy groups -OCH3 is 1.